The minimum atomic E-state index is -3.76. The summed E-state index contributed by atoms with van der Waals surface area (Å²) in [6.45, 7) is 2.79. The minimum absolute atomic E-state index is 0.0414. The number of amides is 1. The molecule has 1 aromatic heterocycles. The number of para-hydroxylation sites is 1. The Kier molecular flexibility index (Phi) is 5.92. The van der Waals surface area contributed by atoms with Gasteiger partial charge in [0.25, 0.3) is 5.91 Å². The number of hydrogen-bond donors (Lipinski definition) is 0. The number of aromatic nitrogens is 1. The largest absolute Gasteiger partial charge is 0.268 e. The first-order valence-electron chi connectivity index (χ1n) is 9.49. The summed E-state index contributed by atoms with van der Waals surface area (Å²) < 4.78 is 27.5. The van der Waals surface area contributed by atoms with E-state index in [0.717, 1.165) is 18.5 Å². The molecule has 30 heavy (non-hydrogen) atoms. The lowest BCUT2D eigenvalue weighted by molar-refractivity contribution is 0.0999. The van der Waals surface area contributed by atoms with Gasteiger partial charge in [0.2, 0.25) is 10.0 Å². The van der Waals surface area contributed by atoms with E-state index in [1.54, 1.807) is 6.07 Å². The fourth-order valence-corrected chi connectivity index (χ4v) is 6.20. The summed E-state index contributed by atoms with van der Waals surface area (Å²) in [7, 11) is -3.76. The third-order valence-electron chi connectivity index (χ3n) is 4.88. The molecule has 0 unspecified atom stereocenters. The Morgan fingerprint density at radius 2 is 1.83 bits per heavy atom. The molecule has 0 bridgehead atoms. The van der Waals surface area contributed by atoms with Crippen molar-refractivity contribution in [1.82, 2.24) is 9.29 Å². The molecule has 0 aliphatic carbocycles. The Balaban J connectivity index is 1.77. The molecule has 1 aliphatic rings. The SMILES string of the molecule is Cc1csc(N(C(=O)c2ccc(Cl)c(S(=O)(=O)N3CCCC3)c2)c2ccccc2)n1. The molecular weight excluding hydrogens is 442 g/mol. The van der Waals surface area contributed by atoms with Gasteiger partial charge in [-0.3, -0.25) is 9.69 Å². The molecule has 9 heteroatoms. The fraction of sp³-hybridized carbons (Fsp3) is 0.238. The molecule has 2 heterocycles. The molecule has 1 amide bonds. The van der Waals surface area contributed by atoms with Gasteiger partial charge in [-0.25, -0.2) is 13.4 Å². The maximum absolute atomic E-state index is 13.5. The van der Waals surface area contributed by atoms with E-state index in [0.29, 0.717) is 23.9 Å². The summed E-state index contributed by atoms with van der Waals surface area (Å²) in [5, 5.41) is 2.49. The van der Waals surface area contributed by atoms with Crippen LogP contribution >= 0.6 is 22.9 Å². The monoisotopic (exact) mass is 461 g/mol. The van der Waals surface area contributed by atoms with Crippen molar-refractivity contribution in [3.05, 3.63) is 70.2 Å². The fourth-order valence-electron chi connectivity index (χ4n) is 3.37. The second kappa shape index (κ2) is 8.47. The minimum Gasteiger partial charge on any atom is -0.268 e. The van der Waals surface area contributed by atoms with E-state index in [2.05, 4.69) is 4.98 Å². The van der Waals surface area contributed by atoms with Gasteiger partial charge in [0, 0.05) is 24.0 Å². The highest BCUT2D eigenvalue weighted by molar-refractivity contribution is 7.89. The number of carbonyl (C=O) groups is 1. The van der Waals surface area contributed by atoms with E-state index in [-0.39, 0.29) is 21.4 Å². The molecule has 1 saturated heterocycles. The van der Waals surface area contributed by atoms with Crippen LogP contribution in [0.25, 0.3) is 0 Å². The Morgan fingerprint density at radius 3 is 2.47 bits per heavy atom. The van der Waals surface area contributed by atoms with Crippen molar-refractivity contribution in [2.45, 2.75) is 24.7 Å². The predicted molar refractivity (Wildman–Crippen MR) is 119 cm³/mol. The van der Waals surface area contributed by atoms with Crippen LogP contribution < -0.4 is 4.90 Å². The number of aryl methyl sites for hydroxylation is 1. The highest BCUT2D eigenvalue weighted by atomic mass is 35.5. The second-order valence-electron chi connectivity index (χ2n) is 7.00. The zero-order valence-electron chi connectivity index (χ0n) is 16.3. The average molecular weight is 462 g/mol. The van der Waals surface area contributed by atoms with E-state index in [9.17, 15) is 13.2 Å². The van der Waals surface area contributed by atoms with Gasteiger partial charge in [-0.2, -0.15) is 4.31 Å². The zero-order valence-corrected chi connectivity index (χ0v) is 18.7. The lowest BCUT2D eigenvalue weighted by atomic mass is 10.2. The number of hydrogen-bond acceptors (Lipinski definition) is 5. The number of halogens is 1. The summed E-state index contributed by atoms with van der Waals surface area (Å²) in [6, 6.07) is 13.5. The molecule has 6 nitrogen and oxygen atoms in total. The number of nitrogens with zero attached hydrogens (tertiary/aromatic N) is 3. The molecule has 0 spiro atoms. The number of sulfonamides is 1. The lowest BCUT2D eigenvalue weighted by Gasteiger charge is -2.21. The molecule has 2 aromatic carbocycles. The van der Waals surface area contributed by atoms with Crippen LogP contribution in [-0.4, -0.2) is 36.7 Å². The van der Waals surface area contributed by atoms with Crippen LogP contribution in [-0.2, 0) is 10.0 Å². The van der Waals surface area contributed by atoms with Crippen LogP contribution in [0.5, 0.6) is 0 Å². The number of anilines is 2. The molecule has 4 rings (SSSR count). The topological polar surface area (TPSA) is 70.6 Å². The van der Waals surface area contributed by atoms with Crippen LogP contribution in [0.2, 0.25) is 5.02 Å². The maximum atomic E-state index is 13.5. The molecule has 3 aromatic rings. The van der Waals surface area contributed by atoms with Crippen molar-refractivity contribution in [2.75, 3.05) is 18.0 Å². The normalized spacial score (nSPS) is 14.7. The van der Waals surface area contributed by atoms with E-state index < -0.39 is 10.0 Å². The van der Waals surface area contributed by atoms with Crippen molar-refractivity contribution >= 4 is 49.7 Å². The van der Waals surface area contributed by atoms with Gasteiger partial charge in [0.05, 0.1) is 16.4 Å². The molecule has 1 fully saturated rings. The summed E-state index contributed by atoms with van der Waals surface area (Å²) in [5.41, 5.74) is 1.68. The van der Waals surface area contributed by atoms with Crippen molar-refractivity contribution in [3.8, 4) is 0 Å². The Labute approximate surface area is 184 Å². The van der Waals surface area contributed by atoms with Crippen molar-refractivity contribution < 1.29 is 13.2 Å². The Morgan fingerprint density at radius 1 is 1.13 bits per heavy atom. The highest BCUT2D eigenvalue weighted by Gasteiger charge is 2.31. The Bertz CT molecular complexity index is 1170. The Hall–Kier alpha value is -2.26. The van der Waals surface area contributed by atoms with Gasteiger partial charge in [0.1, 0.15) is 4.90 Å². The third kappa shape index (κ3) is 4.00. The quantitative estimate of drug-likeness (QED) is 0.543. The molecular formula is C21H20ClN3O3S2. The summed E-state index contributed by atoms with van der Waals surface area (Å²) in [4.78, 5) is 19.4. The molecule has 0 atom stereocenters. The molecule has 156 valence electrons. The maximum Gasteiger partial charge on any atom is 0.264 e. The third-order valence-corrected chi connectivity index (χ3v) is 8.20. The molecule has 1 aliphatic heterocycles. The van der Waals surface area contributed by atoms with Crippen LogP contribution in [0.1, 0.15) is 28.9 Å². The van der Waals surface area contributed by atoms with Crippen molar-refractivity contribution in [3.63, 3.8) is 0 Å². The van der Waals surface area contributed by atoms with Crippen LogP contribution in [0.3, 0.4) is 0 Å². The van der Waals surface area contributed by atoms with Crippen LogP contribution in [0.4, 0.5) is 10.8 Å². The average Bonchev–Trinajstić information content (AvgIpc) is 3.42. The van der Waals surface area contributed by atoms with Crippen LogP contribution in [0, 0.1) is 6.92 Å². The van der Waals surface area contributed by atoms with Gasteiger partial charge in [-0.15, -0.1) is 11.3 Å². The van der Waals surface area contributed by atoms with Gasteiger partial charge in [-0.1, -0.05) is 29.8 Å². The first kappa shape index (κ1) is 21.0. The molecule has 0 saturated carbocycles. The van der Waals surface area contributed by atoms with Gasteiger partial charge >= 0.3 is 0 Å². The number of thiazole rings is 1. The van der Waals surface area contributed by atoms with E-state index in [4.69, 9.17) is 11.6 Å². The standard InChI is InChI=1S/C21H20ClN3O3S2/c1-15-14-29-21(23-15)25(17-7-3-2-4-8-17)20(26)16-9-10-18(22)19(13-16)30(27,28)24-11-5-6-12-24/h2-4,7-10,13-14H,5-6,11-12H2,1H3. The molecule has 0 N–H and O–H groups in total. The van der Waals surface area contributed by atoms with Gasteiger partial charge < -0.3 is 0 Å². The van der Waals surface area contributed by atoms with E-state index in [1.807, 2.05) is 42.6 Å². The first-order valence-corrected chi connectivity index (χ1v) is 12.2. The lowest BCUT2D eigenvalue weighted by Crippen LogP contribution is -2.29. The van der Waals surface area contributed by atoms with Crippen LogP contribution in [0.15, 0.2) is 58.8 Å². The zero-order chi connectivity index (χ0) is 21.3. The summed E-state index contributed by atoms with van der Waals surface area (Å²) in [6.07, 6.45) is 1.64. The summed E-state index contributed by atoms with van der Waals surface area (Å²) >= 11 is 7.59. The predicted octanol–water partition coefficient (Wildman–Crippen LogP) is 4.87. The highest BCUT2D eigenvalue weighted by Crippen LogP contribution is 2.33. The summed E-state index contributed by atoms with van der Waals surface area (Å²) in [5.74, 6) is -0.370. The van der Waals surface area contributed by atoms with E-state index in [1.165, 1.54) is 32.7 Å². The van der Waals surface area contributed by atoms with Crippen molar-refractivity contribution in [2.24, 2.45) is 0 Å². The second-order valence-corrected chi connectivity index (χ2v) is 10.2. The first-order chi connectivity index (χ1) is 14.4. The number of rotatable bonds is 5. The van der Waals surface area contributed by atoms with Crippen molar-refractivity contribution in [1.29, 1.82) is 0 Å². The number of benzene rings is 2. The number of carbonyl (C=O) groups excluding carboxylic acids is 1. The van der Waals surface area contributed by atoms with Gasteiger partial charge in [0.15, 0.2) is 5.13 Å². The smallest absolute Gasteiger partial charge is 0.264 e. The van der Waals surface area contributed by atoms with E-state index >= 15 is 0 Å². The van der Waals surface area contributed by atoms with Gasteiger partial charge in [-0.05, 0) is 50.1 Å². The molecule has 0 radical (unpaired) electrons.